The highest BCUT2D eigenvalue weighted by Gasteiger charge is 2.33. The SMILES string of the molecule is C=C(C)C(=O)Oc1ccc(C#Cc2cc(C3CO3)c(C#Cc3ccc(OC(=O)C(=C)C)cc3)c(C3CO3)c2)cc1. The number of benzene rings is 3. The molecular weight excluding hydrogens is 504 g/mol. The zero-order valence-electron chi connectivity index (χ0n) is 22.2. The van der Waals surface area contributed by atoms with Gasteiger partial charge in [-0.25, -0.2) is 9.59 Å². The second-order valence-electron chi connectivity index (χ2n) is 9.56. The van der Waals surface area contributed by atoms with Gasteiger partial charge in [0.05, 0.1) is 13.2 Å². The van der Waals surface area contributed by atoms with Crippen molar-refractivity contribution in [1.82, 2.24) is 0 Å². The fourth-order valence-corrected chi connectivity index (χ4v) is 3.75. The molecule has 40 heavy (non-hydrogen) atoms. The Bertz CT molecular complexity index is 1600. The van der Waals surface area contributed by atoms with Gasteiger partial charge in [0.25, 0.3) is 0 Å². The minimum absolute atomic E-state index is 0.0326. The van der Waals surface area contributed by atoms with Crippen LogP contribution in [0.15, 0.2) is 85.0 Å². The maximum Gasteiger partial charge on any atom is 0.338 e. The van der Waals surface area contributed by atoms with E-state index in [0.29, 0.717) is 35.9 Å². The fourth-order valence-electron chi connectivity index (χ4n) is 3.75. The highest BCUT2D eigenvalue weighted by molar-refractivity contribution is 5.89. The summed E-state index contributed by atoms with van der Waals surface area (Å²) in [4.78, 5) is 23.5. The van der Waals surface area contributed by atoms with Crippen molar-refractivity contribution in [3.63, 3.8) is 0 Å². The van der Waals surface area contributed by atoms with E-state index in [1.54, 1.807) is 62.4 Å². The molecule has 3 aromatic rings. The first-order chi connectivity index (χ1) is 19.3. The molecule has 2 aliphatic heterocycles. The lowest BCUT2D eigenvalue weighted by Crippen LogP contribution is -2.07. The average Bonchev–Trinajstić information content (AvgIpc) is 3.86. The molecule has 2 heterocycles. The van der Waals surface area contributed by atoms with Gasteiger partial charge in [-0.3, -0.25) is 0 Å². The highest BCUT2D eigenvalue weighted by Crippen LogP contribution is 2.40. The maximum atomic E-state index is 11.7. The second kappa shape index (κ2) is 11.5. The lowest BCUT2D eigenvalue weighted by atomic mass is 9.94. The molecule has 2 unspecified atom stereocenters. The van der Waals surface area contributed by atoms with Gasteiger partial charge in [-0.05, 0) is 74.5 Å². The number of carbonyl (C=O) groups is 2. The predicted octanol–water partition coefficient (Wildman–Crippen LogP) is 5.59. The van der Waals surface area contributed by atoms with Gasteiger partial charge in [0, 0.05) is 44.5 Å². The molecular formula is C34H26O6. The lowest BCUT2D eigenvalue weighted by Gasteiger charge is -2.09. The molecule has 0 saturated carbocycles. The van der Waals surface area contributed by atoms with Gasteiger partial charge in [-0.2, -0.15) is 0 Å². The van der Waals surface area contributed by atoms with E-state index in [1.165, 1.54) is 0 Å². The van der Waals surface area contributed by atoms with Crippen LogP contribution in [-0.2, 0) is 19.1 Å². The Hall–Kier alpha value is -4.88. The Morgan fingerprint density at radius 2 is 1.05 bits per heavy atom. The van der Waals surface area contributed by atoms with Crippen molar-refractivity contribution in [2.24, 2.45) is 0 Å². The van der Waals surface area contributed by atoms with Gasteiger partial charge in [0.2, 0.25) is 0 Å². The number of rotatable bonds is 6. The molecule has 2 fully saturated rings. The summed E-state index contributed by atoms with van der Waals surface area (Å²) in [6.07, 6.45) is -0.0652. The van der Waals surface area contributed by atoms with E-state index in [2.05, 4.69) is 36.8 Å². The minimum atomic E-state index is -0.466. The van der Waals surface area contributed by atoms with Gasteiger partial charge in [0.15, 0.2) is 0 Å². The summed E-state index contributed by atoms with van der Waals surface area (Å²) in [6.45, 7) is 11.6. The summed E-state index contributed by atoms with van der Waals surface area (Å²) in [5.41, 5.74) is 5.92. The van der Waals surface area contributed by atoms with Crippen LogP contribution in [0.1, 0.15) is 59.4 Å². The van der Waals surface area contributed by atoms with Crippen LogP contribution in [0.25, 0.3) is 0 Å². The summed E-state index contributed by atoms with van der Waals surface area (Å²) >= 11 is 0. The predicted molar refractivity (Wildman–Crippen MR) is 150 cm³/mol. The third-order valence-electron chi connectivity index (χ3n) is 6.07. The zero-order valence-corrected chi connectivity index (χ0v) is 22.2. The molecule has 198 valence electrons. The van der Waals surface area contributed by atoms with Crippen LogP contribution in [0, 0.1) is 23.7 Å². The van der Waals surface area contributed by atoms with Crippen molar-refractivity contribution in [3.8, 4) is 35.2 Å². The van der Waals surface area contributed by atoms with Crippen molar-refractivity contribution >= 4 is 11.9 Å². The van der Waals surface area contributed by atoms with Crippen LogP contribution in [0.5, 0.6) is 11.5 Å². The molecule has 6 heteroatoms. The number of carbonyl (C=O) groups excluding carboxylic acids is 2. The van der Waals surface area contributed by atoms with Crippen LogP contribution in [0.4, 0.5) is 0 Å². The smallest absolute Gasteiger partial charge is 0.338 e. The van der Waals surface area contributed by atoms with Crippen LogP contribution >= 0.6 is 0 Å². The summed E-state index contributed by atoms with van der Waals surface area (Å²) in [5, 5.41) is 0. The normalized spacial score (nSPS) is 16.4. The standard InChI is InChI=1S/C34H26O6/c1-21(2)33(35)39-26-12-7-23(8-13-26)5-6-25-17-29(31-19-37-31)28(30(18-25)32-20-38-32)16-11-24-9-14-27(15-10-24)40-34(36)22(3)4/h7-10,12-15,17-18,31-32H,1,3,19-20H2,2,4H3. The maximum absolute atomic E-state index is 11.7. The van der Waals surface area contributed by atoms with Gasteiger partial charge in [-0.1, -0.05) is 36.8 Å². The van der Waals surface area contributed by atoms with Crippen molar-refractivity contribution in [2.75, 3.05) is 13.2 Å². The van der Waals surface area contributed by atoms with Crippen LogP contribution < -0.4 is 9.47 Å². The molecule has 5 rings (SSSR count). The Balaban J connectivity index is 1.39. The third-order valence-corrected chi connectivity index (χ3v) is 6.07. The molecule has 0 aliphatic carbocycles. The Labute approximate surface area is 233 Å². The molecule has 2 atom stereocenters. The summed E-state index contributed by atoms with van der Waals surface area (Å²) in [7, 11) is 0. The number of epoxide rings is 2. The fraction of sp³-hybridized carbons (Fsp3) is 0.176. The number of hydrogen-bond acceptors (Lipinski definition) is 6. The highest BCUT2D eigenvalue weighted by atomic mass is 16.6. The van der Waals surface area contributed by atoms with Crippen molar-refractivity contribution < 1.29 is 28.5 Å². The molecule has 0 radical (unpaired) electrons. The molecule has 2 aliphatic rings. The van der Waals surface area contributed by atoms with Crippen LogP contribution in [0.2, 0.25) is 0 Å². The molecule has 2 saturated heterocycles. The topological polar surface area (TPSA) is 77.7 Å². The lowest BCUT2D eigenvalue weighted by molar-refractivity contribution is -0.130. The van der Waals surface area contributed by atoms with E-state index in [-0.39, 0.29) is 12.2 Å². The van der Waals surface area contributed by atoms with Gasteiger partial charge < -0.3 is 18.9 Å². The first-order valence-electron chi connectivity index (χ1n) is 12.7. The van der Waals surface area contributed by atoms with E-state index < -0.39 is 11.9 Å². The van der Waals surface area contributed by atoms with E-state index in [0.717, 1.165) is 33.4 Å². The molecule has 0 N–H and O–H groups in total. The van der Waals surface area contributed by atoms with Crippen LogP contribution in [0.3, 0.4) is 0 Å². The quantitative estimate of drug-likeness (QED) is 0.136. The monoisotopic (exact) mass is 530 g/mol. The molecule has 6 nitrogen and oxygen atoms in total. The molecule has 0 bridgehead atoms. The summed E-state index contributed by atoms with van der Waals surface area (Å²) in [5.74, 6) is 12.9. The number of esters is 2. The van der Waals surface area contributed by atoms with Crippen molar-refractivity contribution in [1.29, 1.82) is 0 Å². The van der Waals surface area contributed by atoms with E-state index in [1.807, 2.05) is 12.1 Å². The third kappa shape index (κ3) is 6.76. The Kier molecular flexibility index (Phi) is 7.66. The summed E-state index contributed by atoms with van der Waals surface area (Å²) in [6, 6.07) is 18.1. The van der Waals surface area contributed by atoms with E-state index in [4.69, 9.17) is 18.9 Å². The number of hydrogen-bond donors (Lipinski definition) is 0. The molecule has 0 aromatic heterocycles. The molecule has 0 spiro atoms. The molecule has 0 amide bonds. The molecule has 3 aromatic carbocycles. The van der Waals surface area contributed by atoms with Crippen LogP contribution in [-0.4, -0.2) is 25.2 Å². The minimum Gasteiger partial charge on any atom is -0.423 e. The zero-order chi connectivity index (χ0) is 28.2. The summed E-state index contributed by atoms with van der Waals surface area (Å²) < 4.78 is 21.8. The number of ether oxygens (including phenoxy) is 4. The van der Waals surface area contributed by atoms with E-state index in [9.17, 15) is 9.59 Å². The van der Waals surface area contributed by atoms with Crippen molar-refractivity contribution in [3.05, 3.63) is 118 Å². The van der Waals surface area contributed by atoms with Crippen molar-refractivity contribution in [2.45, 2.75) is 26.1 Å². The van der Waals surface area contributed by atoms with Gasteiger partial charge in [-0.15, -0.1) is 0 Å². The largest absolute Gasteiger partial charge is 0.423 e. The van der Waals surface area contributed by atoms with Gasteiger partial charge >= 0.3 is 11.9 Å². The first kappa shape index (κ1) is 26.7. The average molecular weight is 531 g/mol. The Morgan fingerprint density at radius 3 is 1.43 bits per heavy atom. The first-order valence-corrected chi connectivity index (χ1v) is 12.7. The van der Waals surface area contributed by atoms with Gasteiger partial charge in [0.1, 0.15) is 23.7 Å². The second-order valence-corrected chi connectivity index (χ2v) is 9.56. The van der Waals surface area contributed by atoms with E-state index >= 15 is 0 Å². The Morgan fingerprint density at radius 1 is 0.675 bits per heavy atom.